The van der Waals surface area contributed by atoms with E-state index in [0.29, 0.717) is 30.5 Å². The lowest BCUT2D eigenvalue weighted by Crippen LogP contribution is -2.12. The van der Waals surface area contributed by atoms with Crippen molar-refractivity contribution in [2.24, 2.45) is 17.8 Å². The van der Waals surface area contributed by atoms with Crippen molar-refractivity contribution >= 4 is 11.8 Å². The minimum Gasteiger partial charge on any atom is -0.481 e. The summed E-state index contributed by atoms with van der Waals surface area (Å²) >= 11 is 0. The number of carboxylic acid groups (broad SMARTS) is 1. The van der Waals surface area contributed by atoms with Gasteiger partial charge in [0.25, 0.3) is 0 Å². The number of carbonyl (C=O) groups is 2. The minimum absolute atomic E-state index is 0.125. The molecule has 1 aliphatic carbocycles. The van der Waals surface area contributed by atoms with E-state index < -0.39 is 5.97 Å². The van der Waals surface area contributed by atoms with Gasteiger partial charge >= 0.3 is 5.97 Å². The summed E-state index contributed by atoms with van der Waals surface area (Å²) in [4.78, 5) is 22.6. The van der Waals surface area contributed by atoms with Gasteiger partial charge in [0.1, 0.15) is 5.78 Å². The predicted molar refractivity (Wildman–Crippen MR) is 98.9 cm³/mol. The molecule has 1 rings (SSSR count). The second-order valence-corrected chi connectivity index (χ2v) is 7.13. The number of hydrogen-bond donors (Lipinski definition) is 1. The topological polar surface area (TPSA) is 54.4 Å². The van der Waals surface area contributed by atoms with Crippen molar-refractivity contribution in [3.8, 4) is 0 Å². The predicted octanol–water partition coefficient (Wildman–Crippen LogP) is 5.56. The number of allylic oxidation sites excluding steroid dienone is 4. The summed E-state index contributed by atoms with van der Waals surface area (Å²) in [7, 11) is 0. The average molecular weight is 335 g/mol. The molecule has 1 aliphatic rings. The van der Waals surface area contributed by atoms with E-state index in [4.69, 9.17) is 5.11 Å². The summed E-state index contributed by atoms with van der Waals surface area (Å²) in [6.07, 6.45) is 17.9. The number of ketones is 1. The number of Topliss-reactive ketones (excluding diaryl/α,β-unsaturated/α-hetero) is 1. The molecule has 0 aromatic carbocycles. The van der Waals surface area contributed by atoms with Crippen LogP contribution in [-0.4, -0.2) is 16.9 Å². The molecule has 136 valence electrons. The highest BCUT2D eigenvalue weighted by molar-refractivity contribution is 5.83. The van der Waals surface area contributed by atoms with Gasteiger partial charge in [0.15, 0.2) is 0 Å². The van der Waals surface area contributed by atoms with Crippen LogP contribution in [0.4, 0.5) is 0 Å². The summed E-state index contributed by atoms with van der Waals surface area (Å²) in [6, 6.07) is 0. The standard InChI is InChI=1S/C21H34O3/c1-3-4-7-10-17(2)13-14-18-15-16-20(22)19(18)11-8-5-6-9-12-21(23)24/h5,8,13-14,17-19H,3-4,6-7,9-12,15-16H2,1-2H3,(H,23,24)/b8-5+,14-13+/t17?,18?,19-/m1/s1. The number of carbonyl (C=O) groups excluding carboxylic acids is 1. The Kier molecular flexibility index (Phi) is 10.4. The maximum Gasteiger partial charge on any atom is 0.303 e. The number of unbranched alkanes of at least 4 members (excludes halogenated alkanes) is 3. The maximum absolute atomic E-state index is 12.1. The average Bonchev–Trinajstić information content (AvgIpc) is 2.89. The fourth-order valence-corrected chi connectivity index (χ4v) is 3.35. The van der Waals surface area contributed by atoms with E-state index in [1.807, 2.05) is 6.08 Å². The van der Waals surface area contributed by atoms with Gasteiger partial charge in [-0.2, -0.15) is 0 Å². The summed E-state index contributed by atoms with van der Waals surface area (Å²) in [5.74, 6) is 0.750. The molecule has 0 bridgehead atoms. The Bertz CT molecular complexity index is 436. The highest BCUT2D eigenvalue weighted by atomic mass is 16.4. The third-order valence-electron chi connectivity index (χ3n) is 4.92. The number of hydrogen-bond acceptors (Lipinski definition) is 2. The Morgan fingerprint density at radius 3 is 2.79 bits per heavy atom. The van der Waals surface area contributed by atoms with Crippen LogP contribution in [-0.2, 0) is 9.59 Å². The van der Waals surface area contributed by atoms with Crippen LogP contribution >= 0.6 is 0 Å². The molecular weight excluding hydrogens is 300 g/mol. The molecule has 0 spiro atoms. The Morgan fingerprint density at radius 2 is 2.08 bits per heavy atom. The van der Waals surface area contributed by atoms with Crippen molar-refractivity contribution in [2.45, 2.75) is 78.1 Å². The molecule has 24 heavy (non-hydrogen) atoms. The zero-order valence-corrected chi connectivity index (χ0v) is 15.4. The SMILES string of the molecule is CCCCCC(C)/C=C/C1CCC(=O)[C@@H]1C/C=C/CCCC(=O)O. The van der Waals surface area contributed by atoms with Gasteiger partial charge in [-0.1, -0.05) is 57.4 Å². The van der Waals surface area contributed by atoms with E-state index in [9.17, 15) is 9.59 Å². The Hall–Kier alpha value is -1.38. The van der Waals surface area contributed by atoms with Crippen LogP contribution in [0.2, 0.25) is 0 Å². The van der Waals surface area contributed by atoms with E-state index in [1.54, 1.807) is 0 Å². The molecule has 1 fully saturated rings. The van der Waals surface area contributed by atoms with Crippen LogP contribution in [0.5, 0.6) is 0 Å². The second kappa shape index (κ2) is 12.0. The lowest BCUT2D eigenvalue weighted by molar-refractivity contribution is -0.137. The molecule has 0 aromatic rings. The highest BCUT2D eigenvalue weighted by Crippen LogP contribution is 2.33. The van der Waals surface area contributed by atoms with Gasteiger partial charge in [-0.05, 0) is 43.9 Å². The van der Waals surface area contributed by atoms with Crippen LogP contribution in [0.25, 0.3) is 0 Å². The second-order valence-electron chi connectivity index (χ2n) is 7.13. The highest BCUT2D eigenvalue weighted by Gasteiger charge is 2.31. The molecule has 1 saturated carbocycles. The number of carboxylic acids is 1. The normalized spacial score (nSPS) is 22.7. The first-order valence-corrected chi connectivity index (χ1v) is 9.62. The quantitative estimate of drug-likeness (QED) is 0.376. The van der Waals surface area contributed by atoms with Gasteiger partial charge in [-0.3, -0.25) is 9.59 Å². The molecular formula is C21H34O3. The third-order valence-corrected chi connectivity index (χ3v) is 4.92. The van der Waals surface area contributed by atoms with Crippen molar-refractivity contribution < 1.29 is 14.7 Å². The molecule has 0 amide bonds. The monoisotopic (exact) mass is 334 g/mol. The fourth-order valence-electron chi connectivity index (χ4n) is 3.35. The van der Waals surface area contributed by atoms with Gasteiger partial charge in [-0.25, -0.2) is 0 Å². The molecule has 0 heterocycles. The van der Waals surface area contributed by atoms with Gasteiger partial charge in [0.2, 0.25) is 0 Å². The largest absolute Gasteiger partial charge is 0.481 e. The third kappa shape index (κ3) is 8.47. The van der Waals surface area contributed by atoms with Crippen LogP contribution in [0.1, 0.15) is 78.1 Å². The first-order valence-electron chi connectivity index (χ1n) is 9.62. The number of aliphatic carboxylic acids is 1. The zero-order valence-electron chi connectivity index (χ0n) is 15.4. The molecule has 1 N–H and O–H groups in total. The van der Waals surface area contributed by atoms with Gasteiger partial charge < -0.3 is 5.11 Å². The van der Waals surface area contributed by atoms with E-state index >= 15 is 0 Å². The number of rotatable bonds is 12. The Balaban J connectivity index is 2.37. The smallest absolute Gasteiger partial charge is 0.303 e. The zero-order chi connectivity index (χ0) is 17.8. The maximum atomic E-state index is 12.1. The summed E-state index contributed by atoms with van der Waals surface area (Å²) < 4.78 is 0. The van der Waals surface area contributed by atoms with Crippen LogP contribution < -0.4 is 0 Å². The molecule has 2 unspecified atom stereocenters. The van der Waals surface area contributed by atoms with E-state index in [2.05, 4.69) is 32.1 Å². The van der Waals surface area contributed by atoms with E-state index in [-0.39, 0.29) is 12.3 Å². The molecule has 0 saturated heterocycles. The van der Waals surface area contributed by atoms with Crippen molar-refractivity contribution in [3.05, 3.63) is 24.3 Å². The minimum atomic E-state index is -0.743. The summed E-state index contributed by atoms with van der Waals surface area (Å²) in [6.45, 7) is 4.49. The van der Waals surface area contributed by atoms with E-state index in [0.717, 1.165) is 19.3 Å². The molecule has 0 radical (unpaired) electrons. The van der Waals surface area contributed by atoms with Gasteiger partial charge in [0, 0.05) is 18.8 Å². The Morgan fingerprint density at radius 1 is 1.29 bits per heavy atom. The first kappa shape index (κ1) is 20.7. The summed E-state index contributed by atoms with van der Waals surface area (Å²) in [5.41, 5.74) is 0. The van der Waals surface area contributed by atoms with Gasteiger partial charge in [-0.15, -0.1) is 0 Å². The molecule has 0 aliphatic heterocycles. The first-order chi connectivity index (χ1) is 11.5. The van der Waals surface area contributed by atoms with Crippen LogP contribution in [0.15, 0.2) is 24.3 Å². The van der Waals surface area contributed by atoms with Crippen molar-refractivity contribution in [2.75, 3.05) is 0 Å². The van der Waals surface area contributed by atoms with Crippen LogP contribution in [0, 0.1) is 17.8 Å². The van der Waals surface area contributed by atoms with Crippen molar-refractivity contribution in [3.63, 3.8) is 0 Å². The lowest BCUT2D eigenvalue weighted by Gasteiger charge is -2.14. The Labute approximate surface area is 147 Å². The summed E-state index contributed by atoms with van der Waals surface area (Å²) in [5, 5.41) is 8.61. The molecule has 3 heteroatoms. The van der Waals surface area contributed by atoms with Gasteiger partial charge in [0.05, 0.1) is 0 Å². The molecule has 0 aromatic heterocycles. The van der Waals surface area contributed by atoms with Crippen LogP contribution in [0.3, 0.4) is 0 Å². The molecule has 3 atom stereocenters. The fraction of sp³-hybridized carbons (Fsp3) is 0.714. The van der Waals surface area contributed by atoms with Crippen molar-refractivity contribution in [1.82, 2.24) is 0 Å². The van der Waals surface area contributed by atoms with Crippen molar-refractivity contribution in [1.29, 1.82) is 0 Å². The lowest BCUT2D eigenvalue weighted by atomic mass is 9.90. The molecule has 3 nitrogen and oxygen atoms in total. The van der Waals surface area contributed by atoms with E-state index in [1.165, 1.54) is 25.7 Å².